The van der Waals surface area contributed by atoms with E-state index in [0.717, 1.165) is 5.00 Å². The van der Waals surface area contributed by atoms with Crippen molar-refractivity contribution in [3.8, 4) is 6.07 Å². The molecule has 0 saturated heterocycles. The van der Waals surface area contributed by atoms with Crippen LogP contribution in [-0.4, -0.2) is 6.04 Å². The quantitative estimate of drug-likeness (QED) is 0.727. The Morgan fingerprint density at radius 1 is 1.67 bits per heavy atom. The molecule has 2 rings (SSSR count). The van der Waals surface area contributed by atoms with Gasteiger partial charge in [0.05, 0.1) is 10.7 Å². The van der Waals surface area contributed by atoms with Crippen LogP contribution in [0.5, 0.6) is 0 Å². The summed E-state index contributed by atoms with van der Waals surface area (Å²) in [6.45, 7) is 0. The lowest BCUT2D eigenvalue weighted by Crippen LogP contribution is -1.97. The number of nitrogen functional groups attached to an aromatic ring is 1. The van der Waals surface area contributed by atoms with Crippen molar-refractivity contribution in [3.05, 3.63) is 10.9 Å². The molecule has 3 nitrogen and oxygen atoms in total. The van der Waals surface area contributed by atoms with Gasteiger partial charge in [-0.3, -0.25) is 0 Å². The van der Waals surface area contributed by atoms with E-state index in [1.807, 2.05) is 6.07 Å². The van der Waals surface area contributed by atoms with Crippen LogP contribution in [0.4, 0.5) is 10.7 Å². The van der Waals surface area contributed by atoms with E-state index >= 15 is 0 Å². The number of hydrogen-bond acceptors (Lipinski definition) is 4. The van der Waals surface area contributed by atoms with Gasteiger partial charge in [0.25, 0.3) is 0 Å². The summed E-state index contributed by atoms with van der Waals surface area (Å²) in [5.74, 6) is 0. The maximum Gasteiger partial charge on any atom is 0.129 e. The van der Waals surface area contributed by atoms with Crippen molar-refractivity contribution in [3.63, 3.8) is 0 Å². The van der Waals surface area contributed by atoms with Crippen molar-refractivity contribution in [1.29, 1.82) is 5.26 Å². The van der Waals surface area contributed by atoms with Gasteiger partial charge in [0.15, 0.2) is 0 Å². The Kier molecular flexibility index (Phi) is 1.66. The minimum atomic E-state index is 0.589. The van der Waals surface area contributed by atoms with Crippen LogP contribution in [0.1, 0.15) is 17.7 Å². The van der Waals surface area contributed by atoms with Crippen molar-refractivity contribution in [2.75, 3.05) is 11.1 Å². The fraction of sp³-hybridized carbons (Fsp3) is 0.375. The van der Waals surface area contributed by atoms with Gasteiger partial charge in [-0.1, -0.05) is 0 Å². The van der Waals surface area contributed by atoms with Crippen LogP contribution < -0.4 is 11.1 Å². The molecule has 1 fully saturated rings. The van der Waals surface area contributed by atoms with Crippen LogP contribution in [0.2, 0.25) is 0 Å². The molecular weight excluding hydrogens is 170 g/mol. The third kappa shape index (κ3) is 1.36. The summed E-state index contributed by atoms with van der Waals surface area (Å²) in [7, 11) is 0. The molecule has 0 aliphatic heterocycles. The second kappa shape index (κ2) is 2.68. The zero-order valence-electron chi connectivity index (χ0n) is 6.50. The van der Waals surface area contributed by atoms with E-state index in [1.165, 1.54) is 24.2 Å². The summed E-state index contributed by atoms with van der Waals surface area (Å²) in [4.78, 5) is 0.609. The van der Waals surface area contributed by atoms with Gasteiger partial charge in [0, 0.05) is 6.04 Å². The molecular formula is C8H9N3S. The highest BCUT2D eigenvalue weighted by Crippen LogP contribution is 2.32. The molecule has 1 aromatic rings. The molecule has 1 aliphatic carbocycles. The van der Waals surface area contributed by atoms with Crippen LogP contribution in [0.3, 0.4) is 0 Å². The number of nitrogens with two attached hydrogens (primary N) is 1. The fourth-order valence-corrected chi connectivity index (χ4v) is 1.85. The standard InChI is InChI=1S/C8H9N3S/c9-4-7-6(10)3-8(12-7)11-5-1-2-5/h3,5,11H,1-2,10H2. The molecule has 0 atom stereocenters. The monoisotopic (exact) mass is 179 g/mol. The minimum Gasteiger partial charge on any atom is -0.397 e. The highest BCUT2D eigenvalue weighted by Gasteiger charge is 2.21. The van der Waals surface area contributed by atoms with Crippen molar-refractivity contribution < 1.29 is 0 Å². The average Bonchev–Trinajstić information content (AvgIpc) is 2.76. The van der Waals surface area contributed by atoms with Crippen molar-refractivity contribution in [2.24, 2.45) is 0 Å². The van der Waals surface area contributed by atoms with Gasteiger partial charge in [-0.05, 0) is 18.9 Å². The van der Waals surface area contributed by atoms with Crippen LogP contribution in [0, 0.1) is 11.3 Å². The van der Waals surface area contributed by atoms with E-state index in [1.54, 1.807) is 0 Å². The van der Waals surface area contributed by atoms with Crippen molar-refractivity contribution >= 4 is 22.0 Å². The Bertz CT molecular complexity index is 333. The van der Waals surface area contributed by atoms with E-state index in [2.05, 4.69) is 11.4 Å². The zero-order valence-corrected chi connectivity index (χ0v) is 7.32. The zero-order chi connectivity index (χ0) is 8.55. The summed E-state index contributed by atoms with van der Waals surface area (Å²) < 4.78 is 0. The first-order valence-electron chi connectivity index (χ1n) is 3.85. The number of rotatable bonds is 2. The van der Waals surface area contributed by atoms with Crippen LogP contribution in [-0.2, 0) is 0 Å². The molecule has 0 aromatic carbocycles. The van der Waals surface area contributed by atoms with Gasteiger partial charge in [-0.25, -0.2) is 0 Å². The first-order chi connectivity index (χ1) is 5.79. The van der Waals surface area contributed by atoms with Crippen LogP contribution in [0.15, 0.2) is 6.07 Å². The van der Waals surface area contributed by atoms with Gasteiger partial charge < -0.3 is 11.1 Å². The Hall–Kier alpha value is -1.21. The predicted molar refractivity (Wildman–Crippen MR) is 50.1 cm³/mol. The van der Waals surface area contributed by atoms with Gasteiger partial charge in [-0.15, -0.1) is 11.3 Å². The number of anilines is 2. The Labute approximate surface area is 74.8 Å². The largest absolute Gasteiger partial charge is 0.397 e. The molecule has 1 aromatic heterocycles. The molecule has 62 valence electrons. The first-order valence-corrected chi connectivity index (χ1v) is 4.67. The molecule has 1 aliphatic rings. The third-order valence-corrected chi connectivity index (χ3v) is 2.77. The molecule has 1 saturated carbocycles. The molecule has 0 bridgehead atoms. The fourth-order valence-electron chi connectivity index (χ4n) is 0.992. The molecule has 0 radical (unpaired) electrons. The van der Waals surface area contributed by atoms with E-state index in [0.29, 0.717) is 16.6 Å². The predicted octanol–water partition coefficient (Wildman–Crippen LogP) is 1.78. The SMILES string of the molecule is N#Cc1sc(NC2CC2)cc1N. The van der Waals surface area contributed by atoms with E-state index < -0.39 is 0 Å². The van der Waals surface area contributed by atoms with Crippen molar-refractivity contribution in [2.45, 2.75) is 18.9 Å². The van der Waals surface area contributed by atoms with E-state index in [9.17, 15) is 0 Å². The number of hydrogen-bond donors (Lipinski definition) is 2. The van der Waals surface area contributed by atoms with Gasteiger partial charge in [-0.2, -0.15) is 5.26 Å². The Balaban J connectivity index is 2.16. The Morgan fingerprint density at radius 3 is 2.92 bits per heavy atom. The van der Waals surface area contributed by atoms with Gasteiger partial charge >= 0.3 is 0 Å². The smallest absolute Gasteiger partial charge is 0.129 e. The summed E-state index contributed by atoms with van der Waals surface area (Å²) in [6, 6.07) is 4.52. The number of nitrogens with zero attached hydrogens (tertiary/aromatic N) is 1. The molecule has 0 spiro atoms. The topological polar surface area (TPSA) is 61.8 Å². The molecule has 1 heterocycles. The lowest BCUT2D eigenvalue weighted by molar-refractivity contribution is 1.17. The Morgan fingerprint density at radius 2 is 2.42 bits per heavy atom. The summed E-state index contributed by atoms with van der Waals surface area (Å²) in [6.07, 6.45) is 2.47. The minimum absolute atomic E-state index is 0.589. The number of thiophene rings is 1. The maximum absolute atomic E-state index is 8.63. The molecule has 3 N–H and O–H groups in total. The molecule has 0 unspecified atom stereocenters. The molecule has 0 amide bonds. The van der Waals surface area contributed by atoms with E-state index in [4.69, 9.17) is 11.0 Å². The highest BCUT2D eigenvalue weighted by atomic mass is 32.1. The third-order valence-electron chi connectivity index (χ3n) is 1.79. The van der Waals surface area contributed by atoms with Gasteiger partial charge in [0.1, 0.15) is 10.9 Å². The summed E-state index contributed by atoms with van der Waals surface area (Å²) in [5.41, 5.74) is 6.18. The summed E-state index contributed by atoms with van der Waals surface area (Å²) >= 11 is 1.43. The highest BCUT2D eigenvalue weighted by molar-refractivity contribution is 7.17. The lowest BCUT2D eigenvalue weighted by atomic mass is 10.4. The second-order valence-electron chi connectivity index (χ2n) is 2.93. The van der Waals surface area contributed by atoms with Crippen LogP contribution >= 0.6 is 11.3 Å². The summed E-state index contributed by atoms with van der Waals surface area (Å²) in [5, 5.41) is 13.0. The second-order valence-corrected chi connectivity index (χ2v) is 3.98. The molecule has 12 heavy (non-hydrogen) atoms. The van der Waals surface area contributed by atoms with Crippen molar-refractivity contribution in [1.82, 2.24) is 0 Å². The first kappa shape index (κ1) is 7.44. The van der Waals surface area contributed by atoms with E-state index in [-0.39, 0.29) is 0 Å². The average molecular weight is 179 g/mol. The maximum atomic E-state index is 8.63. The normalized spacial score (nSPS) is 15.6. The molecule has 4 heteroatoms. The lowest BCUT2D eigenvalue weighted by Gasteiger charge is -1.96. The number of nitrogens with one attached hydrogen (secondary N) is 1. The van der Waals surface area contributed by atoms with Gasteiger partial charge in [0.2, 0.25) is 0 Å². The number of nitriles is 1. The van der Waals surface area contributed by atoms with Crippen LogP contribution in [0.25, 0.3) is 0 Å².